The Morgan fingerprint density at radius 2 is 2.06 bits per heavy atom. The van der Waals surface area contributed by atoms with Gasteiger partial charge in [-0.25, -0.2) is 0 Å². The van der Waals surface area contributed by atoms with Crippen molar-refractivity contribution < 1.29 is 17.7 Å². The van der Waals surface area contributed by atoms with E-state index in [1.807, 2.05) is 0 Å². The molecule has 0 fully saturated rings. The number of anilines is 1. The van der Waals surface area contributed by atoms with Crippen molar-refractivity contribution in [3.8, 4) is 0 Å². The van der Waals surface area contributed by atoms with Crippen LogP contribution < -0.4 is 5.73 Å². The number of aromatic nitrogens is 3. The van der Waals surface area contributed by atoms with Gasteiger partial charge in [0.25, 0.3) is 0 Å². The van der Waals surface area contributed by atoms with Gasteiger partial charge in [0.15, 0.2) is 11.5 Å². The number of nitrogen functional groups attached to an aromatic ring is 1. The van der Waals surface area contributed by atoms with Crippen LogP contribution in [-0.2, 0) is 12.7 Å². The number of alkyl halides is 3. The zero-order valence-electron chi connectivity index (χ0n) is 9.75. The molecule has 0 aliphatic rings. The first kappa shape index (κ1) is 12.5. The molecule has 0 bridgehead atoms. The van der Waals surface area contributed by atoms with Crippen molar-refractivity contribution in [1.82, 2.24) is 14.9 Å². The molecule has 5 nitrogen and oxygen atoms in total. The Hall–Kier alpha value is -1.99. The van der Waals surface area contributed by atoms with E-state index in [2.05, 4.69) is 10.3 Å². The number of nitrogens with two attached hydrogens (primary N) is 1. The minimum absolute atomic E-state index is 0.0625. The topological polar surface area (TPSA) is 69.9 Å². The van der Waals surface area contributed by atoms with E-state index in [0.29, 0.717) is 11.5 Å². The van der Waals surface area contributed by atoms with E-state index in [9.17, 15) is 13.2 Å². The minimum Gasteiger partial charge on any atom is -0.395 e. The van der Waals surface area contributed by atoms with Crippen LogP contribution in [0, 0.1) is 13.8 Å². The predicted molar refractivity (Wildman–Crippen MR) is 56.7 cm³/mol. The second-order valence-electron chi connectivity index (χ2n) is 3.94. The number of halogens is 3. The summed E-state index contributed by atoms with van der Waals surface area (Å²) in [5.74, 6) is 0.423. The average molecular weight is 260 g/mol. The van der Waals surface area contributed by atoms with Crippen LogP contribution in [0.1, 0.15) is 22.8 Å². The quantitative estimate of drug-likeness (QED) is 0.898. The molecular formula is C10H11F3N4O. The third kappa shape index (κ3) is 2.18. The van der Waals surface area contributed by atoms with Gasteiger partial charge in [-0.2, -0.15) is 18.3 Å². The van der Waals surface area contributed by atoms with Crippen molar-refractivity contribution in [2.45, 2.75) is 26.6 Å². The molecule has 2 N–H and O–H groups in total. The number of hydrogen-bond donors (Lipinski definition) is 1. The highest BCUT2D eigenvalue weighted by Gasteiger charge is 2.37. The summed E-state index contributed by atoms with van der Waals surface area (Å²) in [5.41, 5.74) is 4.86. The normalized spacial score (nSPS) is 12.1. The first-order valence-electron chi connectivity index (χ1n) is 5.11. The Balaban J connectivity index is 2.35. The Kier molecular flexibility index (Phi) is 2.80. The minimum atomic E-state index is -4.56. The van der Waals surface area contributed by atoms with Crippen molar-refractivity contribution in [1.29, 1.82) is 0 Å². The Morgan fingerprint density at radius 1 is 1.39 bits per heavy atom. The zero-order valence-corrected chi connectivity index (χ0v) is 9.75. The molecule has 18 heavy (non-hydrogen) atoms. The Bertz CT molecular complexity index is 570. The van der Waals surface area contributed by atoms with Crippen LogP contribution in [0.4, 0.5) is 18.9 Å². The summed E-state index contributed by atoms with van der Waals surface area (Å²) in [5, 5.41) is 7.11. The monoisotopic (exact) mass is 260 g/mol. The highest BCUT2D eigenvalue weighted by Crippen LogP contribution is 2.34. The maximum absolute atomic E-state index is 12.6. The predicted octanol–water partition coefficient (Wildman–Crippen LogP) is 2.14. The van der Waals surface area contributed by atoms with Gasteiger partial charge in [-0.05, 0) is 13.8 Å². The molecule has 8 heteroatoms. The van der Waals surface area contributed by atoms with Crippen LogP contribution in [0.5, 0.6) is 0 Å². The van der Waals surface area contributed by atoms with Gasteiger partial charge in [0.05, 0.1) is 17.1 Å². The molecule has 0 aliphatic carbocycles. The fourth-order valence-electron chi connectivity index (χ4n) is 1.56. The number of aryl methyl sites for hydroxylation is 1. The maximum Gasteiger partial charge on any atom is 0.437 e. The van der Waals surface area contributed by atoms with Crippen LogP contribution in [-0.4, -0.2) is 14.9 Å². The van der Waals surface area contributed by atoms with E-state index < -0.39 is 11.9 Å². The molecule has 0 atom stereocenters. The lowest BCUT2D eigenvalue weighted by Gasteiger charge is -2.01. The van der Waals surface area contributed by atoms with Gasteiger partial charge in [0.1, 0.15) is 6.54 Å². The molecule has 2 aromatic rings. The largest absolute Gasteiger partial charge is 0.437 e. The lowest BCUT2D eigenvalue weighted by Crippen LogP contribution is -2.10. The maximum atomic E-state index is 12.6. The summed E-state index contributed by atoms with van der Waals surface area (Å²) in [6.45, 7) is 3.26. The van der Waals surface area contributed by atoms with E-state index >= 15 is 0 Å². The molecule has 0 unspecified atom stereocenters. The van der Waals surface area contributed by atoms with Crippen LogP contribution >= 0.6 is 0 Å². The van der Waals surface area contributed by atoms with Crippen LogP contribution in [0.25, 0.3) is 0 Å². The molecular weight excluding hydrogens is 249 g/mol. The molecule has 2 aromatic heterocycles. The third-order valence-corrected chi connectivity index (χ3v) is 2.50. The summed E-state index contributed by atoms with van der Waals surface area (Å²) in [6, 6.07) is 1.63. The first-order chi connectivity index (χ1) is 8.29. The average Bonchev–Trinajstić information content (AvgIpc) is 2.76. The van der Waals surface area contributed by atoms with E-state index in [1.54, 1.807) is 13.0 Å². The third-order valence-electron chi connectivity index (χ3n) is 2.50. The van der Waals surface area contributed by atoms with Crippen LogP contribution in [0.3, 0.4) is 0 Å². The van der Waals surface area contributed by atoms with E-state index in [-0.39, 0.29) is 17.9 Å². The van der Waals surface area contributed by atoms with Gasteiger partial charge >= 0.3 is 6.18 Å². The summed E-state index contributed by atoms with van der Waals surface area (Å²) < 4.78 is 43.9. The van der Waals surface area contributed by atoms with Gasteiger partial charge in [-0.1, -0.05) is 5.16 Å². The van der Waals surface area contributed by atoms with Crippen molar-refractivity contribution in [3.05, 3.63) is 28.9 Å². The highest BCUT2D eigenvalue weighted by atomic mass is 19.4. The summed E-state index contributed by atoms with van der Waals surface area (Å²) in [6.07, 6.45) is -4.56. The smallest absolute Gasteiger partial charge is 0.395 e. The molecule has 0 amide bonds. The lowest BCUT2D eigenvalue weighted by molar-refractivity contribution is -0.140. The zero-order chi connectivity index (χ0) is 13.5. The molecule has 0 spiro atoms. The number of hydrogen-bond acceptors (Lipinski definition) is 4. The van der Waals surface area contributed by atoms with Crippen LogP contribution in [0.2, 0.25) is 0 Å². The van der Waals surface area contributed by atoms with Gasteiger partial charge < -0.3 is 10.3 Å². The summed E-state index contributed by atoms with van der Waals surface area (Å²) in [4.78, 5) is 0. The number of rotatable bonds is 2. The fourth-order valence-corrected chi connectivity index (χ4v) is 1.56. The molecule has 0 aromatic carbocycles. The summed E-state index contributed by atoms with van der Waals surface area (Å²) >= 11 is 0. The van der Waals surface area contributed by atoms with Crippen molar-refractivity contribution >= 4 is 5.69 Å². The first-order valence-corrected chi connectivity index (χ1v) is 5.11. The molecule has 0 saturated heterocycles. The van der Waals surface area contributed by atoms with Crippen LogP contribution in [0.15, 0.2) is 10.6 Å². The van der Waals surface area contributed by atoms with Crippen molar-refractivity contribution in [2.75, 3.05) is 5.73 Å². The number of nitrogens with zero attached hydrogens (tertiary/aromatic N) is 3. The van der Waals surface area contributed by atoms with Gasteiger partial charge in [-0.3, -0.25) is 4.68 Å². The Labute approximate surface area is 100 Å². The molecule has 0 radical (unpaired) electrons. The molecule has 2 heterocycles. The van der Waals surface area contributed by atoms with Gasteiger partial charge in [0.2, 0.25) is 0 Å². The standard InChI is InChI=1S/C10H11F3N4O/c1-5-3-7(18-16-5)4-17-6(2)8(14)9(15-17)10(11,12)13/h3H,4,14H2,1-2H3. The highest BCUT2D eigenvalue weighted by molar-refractivity contribution is 5.49. The van der Waals surface area contributed by atoms with E-state index in [1.165, 1.54) is 6.92 Å². The second-order valence-corrected chi connectivity index (χ2v) is 3.94. The SMILES string of the molecule is Cc1cc(Cn2nc(C(F)(F)F)c(N)c2C)on1. The molecule has 0 saturated carbocycles. The van der Waals surface area contributed by atoms with E-state index in [0.717, 1.165) is 4.68 Å². The Morgan fingerprint density at radius 3 is 2.50 bits per heavy atom. The van der Waals surface area contributed by atoms with Crippen molar-refractivity contribution in [2.24, 2.45) is 0 Å². The molecule has 2 rings (SSSR count). The van der Waals surface area contributed by atoms with Gasteiger partial charge in [0, 0.05) is 6.07 Å². The lowest BCUT2D eigenvalue weighted by atomic mass is 10.3. The fraction of sp³-hybridized carbons (Fsp3) is 0.400. The molecule has 98 valence electrons. The van der Waals surface area contributed by atoms with Crippen molar-refractivity contribution in [3.63, 3.8) is 0 Å². The molecule has 0 aliphatic heterocycles. The second kappa shape index (κ2) is 4.04. The summed E-state index contributed by atoms with van der Waals surface area (Å²) in [7, 11) is 0. The van der Waals surface area contributed by atoms with Gasteiger partial charge in [-0.15, -0.1) is 0 Å². The van der Waals surface area contributed by atoms with E-state index in [4.69, 9.17) is 10.3 Å².